The molecule has 0 rings (SSSR count). The molecule has 0 aromatic carbocycles. The predicted molar refractivity (Wildman–Crippen MR) is 22.3 cm³/mol. The van der Waals surface area contributed by atoms with Crippen LogP contribution in [0.5, 0.6) is 0 Å². The van der Waals surface area contributed by atoms with Crippen molar-refractivity contribution in [2.24, 2.45) is 5.73 Å². The molecular formula is CH7F2N3O2. The van der Waals surface area contributed by atoms with Gasteiger partial charge in [0, 0.05) is 0 Å². The summed E-state index contributed by atoms with van der Waals surface area (Å²) in [4.78, 5) is 0. The summed E-state index contributed by atoms with van der Waals surface area (Å²) in [7, 11) is 0. The Bertz CT molecular complexity index is 66.3. The van der Waals surface area contributed by atoms with Gasteiger partial charge in [-0.3, -0.25) is 25.2 Å². The highest BCUT2D eigenvalue weighted by molar-refractivity contribution is 5.71. The van der Waals surface area contributed by atoms with Crippen LogP contribution in [0.15, 0.2) is 0 Å². The van der Waals surface area contributed by atoms with E-state index >= 15 is 0 Å². The molecule has 8 heavy (non-hydrogen) atoms. The summed E-state index contributed by atoms with van der Waals surface area (Å²) < 4.78 is 0. The van der Waals surface area contributed by atoms with E-state index in [1.165, 1.54) is 0 Å². The van der Waals surface area contributed by atoms with Crippen LogP contribution >= 0.6 is 0 Å². The van der Waals surface area contributed by atoms with Gasteiger partial charge in [-0.05, 0) is 0 Å². The molecule has 0 spiro atoms. The topological polar surface area (TPSA) is 93.6 Å². The predicted octanol–water partition coefficient (Wildman–Crippen LogP) is -0.735. The van der Waals surface area contributed by atoms with Gasteiger partial charge in [0.1, 0.15) is 0 Å². The molecule has 0 bridgehead atoms. The third kappa shape index (κ3) is 8.90. The van der Waals surface area contributed by atoms with Gasteiger partial charge in [0.15, 0.2) is 0 Å². The van der Waals surface area contributed by atoms with Crippen molar-refractivity contribution in [2.45, 2.75) is 0 Å². The number of nitrogens with one attached hydrogen (secondary N) is 1. The van der Waals surface area contributed by atoms with Crippen molar-refractivity contribution in [3.63, 3.8) is 0 Å². The molecule has 0 saturated carbocycles. The largest absolute Gasteiger partial charge is 0.366 e. The molecule has 0 unspecified atom stereocenters. The highest BCUT2D eigenvalue weighted by Crippen LogP contribution is 1.60. The first kappa shape index (κ1) is 15.7. The lowest BCUT2D eigenvalue weighted by atomic mass is 11.1. The number of nitrogens with two attached hydrogens (primary N) is 1. The number of hydrogen-bond acceptors (Lipinski definition) is 3. The Labute approximate surface area is 43.5 Å². The molecule has 0 radical (unpaired) electrons. The van der Waals surface area contributed by atoms with Gasteiger partial charge in [0.25, 0.3) is 0 Å². The van der Waals surface area contributed by atoms with Crippen LogP contribution in [0.3, 0.4) is 0 Å². The summed E-state index contributed by atoms with van der Waals surface area (Å²) in [6.45, 7) is 0. The molecule has 0 saturated heterocycles. The lowest BCUT2D eigenvalue weighted by molar-refractivity contribution is -0.246. The summed E-state index contributed by atoms with van der Waals surface area (Å²) in [5, 5.41) is 21.0. The van der Waals surface area contributed by atoms with E-state index < -0.39 is 11.2 Å². The molecule has 5 N–H and O–H groups in total. The van der Waals surface area contributed by atoms with Crippen LogP contribution in [-0.2, 0) is 0 Å². The van der Waals surface area contributed by atoms with Crippen molar-refractivity contribution in [1.82, 2.24) is 5.23 Å². The van der Waals surface area contributed by atoms with Crippen LogP contribution in [0.25, 0.3) is 0 Å². The zero-order valence-electron chi connectivity index (χ0n) is 3.74. The van der Waals surface area contributed by atoms with Crippen molar-refractivity contribution in [1.29, 1.82) is 5.41 Å². The van der Waals surface area contributed by atoms with Gasteiger partial charge >= 0.3 is 0 Å². The Morgan fingerprint density at radius 2 is 1.50 bits per heavy atom. The van der Waals surface area contributed by atoms with E-state index in [1.54, 1.807) is 0 Å². The SMILES string of the molecule is F.F.N=C(N)N(O)O. The van der Waals surface area contributed by atoms with Crippen LogP contribution in [-0.4, -0.2) is 21.6 Å². The van der Waals surface area contributed by atoms with Crippen LogP contribution in [0.1, 0.15) is 0 Å². The molecule has 0 aliphatic heterocycles. The second kappa shape index (κ2) is 6.05. The maximum atomic E-state index is 7.67. The van der Waals surface area contributed by atoms with Gasteiger partial charge in [-0.15, -0.1) is 0 Å². The molecule has 0 aliphatic rings. The van der Waals surface area contributed by atoms with E-state index in [1.807, 2.05) is 0 Å². The van der Waals surface area contributed by atoms with Gasteiger partial charge in [-0.2, -0.15) is 0 Å². The quantitative estimate of drug-likeness (QED) is 0.198. The highest BCUT2D eigenvalue weighted by Gasteiger charge is 1.88. The maximum absolute atomic E-state index is 7.67. The van der Waals surface area contributed by atoms with E-state index in [0.29, 0.717) is 0 Å². The summed E-state index contributed by atoms with van der Waals surface area (Å²) in [5.74, 6) is -0.796. The molecule has 5 nitrogen and oxygen atoms in total. The number of hydrogen-bond donors (Lipinski definition) is 4. The summed E-state index contributed by atoms with van der Waals surface area (Å²) >= 11 is 0. The van der Waals surface area contributed by atoms with E-state index in [9.17, 15) is 0 Å². The van der Waals surface area contributed by atoms with Crippen molar-refractivity contribution in [3.05, 3.63) is 0 Å². The molecule has 7 heteroatoms. The van der Waals surface area contributed by atoms with Crippen LogP contribution in [0.2, 0.25) is 0 Å². The first-order valence-corrected chi connectivity index (χ1v) is 1.16. The number of rotatable bonds is 0. The average Bonchev–Trinajstić information content (AvgIpc) is 1.36. The monoisotopic (exact) mass is 131 g/mol. The normalized spacial score (nSPS) is 5.75. The lowest BCUT2D eigenvalue weighted by Gasteiger charge is -2.00. The lowest BCUT2D eigenvalue weighted by Crippen LogP contribution is -2.29. The third-order valence-corrected chi connectivity index (χ3v) is 0.215. The summed E-state index contributed by atoms with van der Waals surface area (Å²) in [6.07, 6.45) is 0. The molecule has 0 aromatic rings. The molecule has 0 fully saturated rings. The first-order chi connectivity index (χ1) is 2.64. The smallest absolute Gasteiger partial charge is 0.241 e. The van der Waals surface area contributed by atoms with Gasteiger partial charge < -0.3 is 5.73 Å². The molecule has 0 amide bonds. The maximum Gasteiger partial charge on any atom is 0.241 e. The molecule has 0 atom stereocenters. The van der Waals surface area contributed by atoms with Gasteiger partial charge in [-0.1, -0.05) is 5.23 Å². The minimum Gasteiger partial charge on any atom is -0.366 e. The van der Waals surface area contributed by atoms with Gasteiger partial charge in [0.2, 0.25) is 5.96 Å². The minimum atomic E-state index is -0.796. The first-order valence-electron chi connectivity index (χ1n) is 1.16. The zero-order valence-corrected chi connectivity index (χ0v) is 3.74. The number of guanidine groups is 1. The van der Waals surface area contributed by atoms with Crippen LogP contribution < -0.4 is 5.73 Å². The number of halogens is 2. The second-order valence-electron chi connectivity index (χ2n) is 0.675. The zero-order chi connectivity index (χ0) is 5.15. The second-order valence-corrected chi connectivity index (χ2v) is 0.675. The fraction of sp³-hybridized carbons (Fsp3) is 0. The Balaban J connectivity index is -0.000000125. The Hall–Kier alpha value is -0.950. The minimum absolute atomic E-state index is 0. The van der Waals surface area contributed by atoms with E-state index in [4.69, 9.17) is 15.8 Å². The molecule has 0 aromatic heterocycles. The van der Waals surface area contributed by atoms with Gasteiger partial charge in [0.05, 0.1) is 0 Å². The van der Waals surface area contributed by atoms with Crippen molar-refractivity contribution < 1.29 is 19.8 Å². The van der Waals surface area contributed by atoms with E-state index in [0.717, 1.165) is 0 Å². The van der Waals surface area contributed by atoms with Crippen LogP contribution in [0.4, 0.5) is 9.41 Å². The summed E-state index contributed by atoms with van der Waals surface area (Å²) in [6, 6.07) is 0. The molecular weight excluding hydrogens is 124 g/mol. The highest BCUT2D eigenvalue weighted by atomic mass is 19.0. The Morgan fingerprint density at radius 1 is 1.38 bits per heavy atom. The fourth-order valence-electron chi connectivity index (χ4n) is 0. The number of hydroxylamine groups is 2. The third-order valence-electron chi connectivity index (χ3n) is 0.215. The number of nitrogens with zero attached hydrogens (tertiary/aromatic N) is 1. The standard InChI is InChI=1S/CH5N3O2.2FH/c2-1(3)4(5)6;;/h5-6H,(H3,2,3);2*1H. The van der Waals surface area contributed by atoms with Crippen molar-refractivity contribution in [2.75, 3.05) is 0 Å². The van der Waals surface area contributed by atoms with E-state index in [2.05, 4.69) is 5.73 Å². The van der Waals surface area contributed by atoms with Crippen molar-refractivity contribution in [3.8, 4) is 0 Å². The average molecular weight is 131 g/mol. The Kier molecular flexibility index (Phi) is 11.9. The van der Waals surface area contributed by atoms with E-state index in [-0.39, 0.29) is 9.41 Å². The molecule has 0 aliphatic carbocycles. The fourth-order valence-corrected chi connectivity index (χ4v) is 0. The molecule has 0 heterocycles. The summed E-state index contributed by atoms with van der Waals surface area (Å²) in [5.41, 5.74) is 4.44. The van der Waals surface area contributed by atoms with Crippen LogP contribution in [0, 0.1) is 5.41 Å². The molecule has 52 valence electrons. The van der Waals surface area contributed by atoms with Gasteiger partial charge in [-0.25, -0.2) is 0 Å². The Morgan fingerprint density at radius 3 is 1.50 bits per heavy atom. The van der Waals surface area contributed by atoms with Crippen molar-refractivity contribution >= 4 is 5.96 Å².